The third-order valence-corrected chi connectivity index (χ3v) is 5.13. The van der Waals surface area contributed by atoms with Gasteiger partial charge in [0.2, 0.25) is 0 Å². The van der Waals surface area contributed by atoms with Crippen molar-refractivity contribution in [3.8, 4) is 0 Å². The second-order valence-electron chi connectivity index (χ2n) is 6.87. The van der Waals surface area contributed by atoms with Gasteiger partial charge in [-0.2, -0.15) is 5.10 Å². The number of amides is 1. The number of carbonyl (C=O) groups excluding carboxylic acids is 1. The number of nitrogens with zero attached hydrogens (tertiary/aromatic N) is 3. The van der Waals surface area contributed by atoms with E-state index in [9.17, 15) is 14.7 Å². The Balaban J connectivity index is 1.68. The SMILES string of the molecule is O=C(O)C1CC(c2ccccc2)CN(C(=O)c2nncc3ccccc23)C1. The molecule has 1 aromatic heterocycles. The Kier molecular flexibility index (Phi) is 4.54. The lowest BCUT2D eigenvalue weighted by molar-refractivity contribution is -0.143. The van der Waals surface area contributed by atoms with E-state index in [2.05, 4.69) is 10.2 Å². The molecule has 0 radical (unpaired) electrons. The fraction of sp³-hybridized carbons (Fsp3) is 0.238. The third-order valence-electron chi connectivity index (χ3n) is 5.13. The molecule has 6 heteroatoms. The van der Waals surface area contributed by atoms with Gasteiger partial charge in [-0.1, -0.05) is 54.6 Å². The highest BCUT2D eigenvalue weighted by molar-refractivity contribution is 6.04. The molecular formula is C21H19N3O3. The summed E-state index contributed by atoms with van der Waals surface area (Å²) < 4.78 is 0. The van der Waals surface area contributed by atoms with Crippen LogP contribution < -0.4 is 0 Å². The summed E-state index contributed by atoms with van der Waals surface area (Å²) in [6.45, 7) is 0.653. The lowest BCUT2D eigenvalue weighted by atomic mass is 9.84. The van der Waals surface area contributed by atoms with Crippen LogP contribution in [0.1, 0.15) is 28.4 Å². The summed E-state index contributed by atoms with van der Waals surface area (Å²) in [5.41, 5.74) is 1.32. The molecule has 1 fully saturated rings. The largest absolute Gasteiger partial charge is 0.481 e. The van der Waals surface area contributed by atoms with Gasteiger partial charge in [-0.3, -0.25) is 9.59 Å². The smallest absolute Gasteiger partial charge is 0.308 e. The summed E-state index contributed by atoms with van der Waals surface area (Å²) in [5, 5.41) is 19.1. The zero-order valence-corrected chi connectivity index (χ0v) is 14.7. The van der Waals surface area contributed by atoms with Crippen molar-refractivity contribution >= 4 is 22.6 Å². The fourth-order valence-corrected chi connectivity index (χ4v) is 3.75. The van der Waals surface area contributed by atoms with Crippen LogP contribution in [0.4, 0.5) is 0 Å². The number of rotatable bonds is 3. The van der Waals surface area contributed by atoms with Gasteiger partial charge in [0.05, 0.1) is 12.1 Å². The molecule has 0 spiro atoms. The van der Waals surface area contributed by atoms with E-state index in [0.717, 1.165) is 16.3 Å². The second kappa shape index (κ2) is 7.15. The summed E-state index contributed by atoms with van der Waals surface area (Å²) in [6, 6.07) is 17.2. The van der Waals surface area contributed by atoms with Crippen molar-refractivity contribution in [1.29, 1.82) is 0 Å². The molecule has 27 heavy (non-hydrogen) atoms. The first-order chi connectivity index (χ1) is 13.1. The Morgan fingerprint density at radius 2 is 1.74 bits per heavy atom. The van der Waals surface area contributed by atoms with Gasteiger partial charge in [-0.25, -0.2) is 0 Å². The van der Waals surface area contributed by atoms with Crippen molar-refractivity contribution in [2.75, 3.05) is 13.1 Å². The Hall–Kier alpha value is -3.28. The molecule has 1 aliphatic rings. The van der Waals surface area contributed by atoms with Gasteiger partial charge in [0.25, 0.3) is 5.91 Å². The van der Waals surface area contributed by atoms with Crippen LogP contribution in [0.15, 0.2) is 60.8 Å². The maximum atomic E-state index is 13.2. The van der Waals surface area contributed by atoms with Gasteiger partial charge in [0.15, 0.2) is 5.69 Å². The summed E-state index contributed by atoms with van der Waals surface area (Å²) in [6.07, 6.45) is 2.14. The molecular weight excluding hydrogens is 342 g/mol. The number of aliphatic carboxylic acids is 1. The van der Waals surface area contributed by atoms with Crippen molar-refractivity contribution in [1.82, 2.24) is 15.1 Å². The predicted octanol–water partition coefficient (Wildman–Crippen LogP) is 2.96. The van der Waals surface area contributed by atoms with Gasteiger partial charge in [0, 0.05) is 29.8 Å². The number of hydrogen-bond donors (Lipinski definition) is 1. The average Bonchev–Trinajstić information content (AvgIpc) is 2.73. The standard InChI is InChI=1S/C21H19N3O3/c25-20(19-18-9-5-4-8-15(18)11-22-23-19)24-12-16(10-17(13-24)21(26)27)14-6-2-1-3-7-14/h1-9,11,16-17H,10,12-13H2,(H,26,27). The van der Waals surface area contributed by atoms with E-state index in [1.54, 1.807) is 11.1 Å². The zero-order valence-electron chi connectivity index (χ0n) is 14.7. The fourth-order valence-electron chi connectivity index (χ4n) is 3.75. The van der Waals surface area contributed by atoms with Crippen molar-refractivity contribution in [3.05, 3.63) is 72.1 Å². The lowest BCUT2D eigenvalue weighted by Crippen LogP contribution is -2.45. The zero-order chi connectivity index (χ0) is 18.8. The van der Waals surface area contributed by atoms with Crippen LogP contribution in [0.3, 0.4) is 0 Å². The van der Waals surface area contributed by atoms with E-state index < -0.39 is 11.9 Å². The van der Waals surface area contributed by atoms with Gasteiger partial charge in [-0.15, -0.1) is 5.10 Å². The monoisotopic (exact) mass is 361 g/mol. The highest BCUT2D eigenvalue weighted by atomic mass is 16.4. The molecule has 1 amide bonds. The maximum Gasteiger partial charge on any atom is 0.308 e. The number of benzene rings is 2. The third kappa shape index (κ3) is 3.38. The first-order valence-electron chi connectivity index (χ1n) is 8.91. The van der Waals surface area contributed by atoms with Crippen LogP contribution in [0.25, 0.3) is 10.8 Å². The predicted molar refractivity (Wildman–Crippen MR) is 100 cm³/mol. The molecule has 2 atom stereocenters. The molecule has 1 saturated heterocycles. The van der Waals surface area contributed by atoms with Gasteiger partial charge >= 0.3 is 5.97 Å². The van der Waals surface area contributed by atoms with Crippen LogP contribution in [-0.2, 0) is 4.79 Å². The van der Waals surface area contributed by atoms with E-state index in [0.29, 0.717) is 13.0 Å². The number of carboxylic acids is 1. The number of piperidine rings is 1. The highest BCUT2D eigenvalue weighted by Gasteiger charge is 2.35. The number of likely N-dealkylation sites (tertiary alicyclic amines) is 1. The number of carboxylic acid groups (broad SMARTS) is 1. The Morgan fingerprint density at radius 3 is 2.52 bits per heavy atom. The summed E-state index contributed by atoms with van der Waals surface area (Å²) >= 11 is 0. The molecule has 0 aliphatic carbocycles. The highest BCUT2D eigenvalue weighted by Crippen LogP contribution is 2.31. The van der Waals surface area contributed by atoms with E-state index in [1.807, 2.05) is 54.6 Å². The van der Waals surface area contributed by atoms with Crippen LogP contribution in [-0.4, -0.2) is 45.2 Å². The lowest BCUT2D eigenvalue weighted by Gasteiger charge is -2.36. The number of fused-ring (bicyclic) bond motifs is 1. The van der Waals surface area contributed by atoms with Crippen LogP contribution in [0.2, 0.25) is 0 Å². The van der Waals surface area contributed by atoms with Gasteiger partial charge < -0.3 is 10.0 Å². The molecule has 1 aliphatic heterocycles. The van der Waals surface area contributed by atoms with Crippen molar-refractivity contribution in [3.63, 3.8) is 0 Å². The van der Waals surface area contributed by atoms with E-state index in [1.165, 1.54) is 0 Å². The van der Waals surface area contributed by atoms with Crippen LogP contribution >= 0.6 is 0 Å². The number of carbonyl (C=O) groups is 2. The molecule has 0 bridgehead atoms. The normalized spacial score (nSPS) is 19.8. The molecule has 3 aromatic rings. The molecule has 4 rings (SSSR count). The average molecular weight is 361 g/mol. The first-order valence-corrected chi connectivity index (χ1v) is 8.91. The Labute approximate surface area is 156 Å². The quantitative estimate of drug-likeness (QED) is 0.775. The van der Waals surface area contributed by atoms with Gasteiger partial charge in [-0.05, 0) is 12.0 Å². The first kappa shape index (κ1) is 17.1. The topological polar surface area (TPSA) is 83.4 Å². The summed E-state index contributed by atoms with van der Waals surface area (Å²) in [7, 11) is 0. The summed E-state index contributed by atoms with van der Waals surface area (Å²) in [4.78, 5) is 26.5. The van der Waals surface area contributed by atoms with E-state index >= 15 is 0 Å². The molecule has 136 valence electrons. The minimum absolute atomic E-state index is 0.0204. The van der Waals surface area contributed by atoms with Crippen molar-refractivity contribution < 1.29 is 14.7 Å². The van der Waals surface area contributed by atoms with E-state index in [4.69, 9.17) is 0 Å². The van der Waals surface area contributed by atoms with Gasteiger partial charge in [0.1, 0.15) is 0 Å². The summed E-state index contributed by atoms with van der Waals surface area (Å²) in [5.74, 6) is -1.77. The number of hydrogen-bond acceptors (Lipinski definition) is 4. The molecule has 6 nitrogen and oxygen atoms in total. The molecule has 1 N–H and O–H groups in total. The minimum Gasteiger partial charge on any atom is -0.481 e. The molecule has 2 unspecified atom stereocenters. The maximum absolute atomic E-state index is 13.2. The van der Waals surface area contributed by atoms with Crippen LogP contribution in [0.5, 0.6) is 0 Å². The Bertz CT molecular complexity index is 985. The van der Waals surface area contributed by atoms with Crippen molar-refractivity contribution in [2.24, 2.45) is 5.92 Å². The second-order valence-corrected chi connectivity index (χ2v) is 6.87. The van der Waals surface area contributed by atoms with Crippen molar-refractivity contribution in [2.45, 2.75) is 12.3 Å². The van der Waals surface area contributed by atoms with E-state index in [-0.39, 0.29) is 24.1 Å². The molecule has 2 heterocycles. The molecule has 2 aromatic carbocycles. The molecule has 0 saturated carbocycles. The minimum atomic E-state index is -0.877. The number of aromatic nitrogens is 2. The van der Waals surface area contributed by atoms with Crippen LogP contribution in [0, 0.1) is 5.92 Å². The Morgan fingerprint density at radius 1 is 1.00 bits per heavy atom.